The van der Waals surface area contributed by atoms with Crippen molar-refractivity contribution in [2.45, 2.75) is 31.5 Å². The van der Waals surface area contributed by atoms with Crippen LogP contribution in [-0.2, 0) is 9.53 Å². The van der Waals surface area contributed by atoms with Gasteiger partial charge in [0.15, 0.2) is 0 Å². The quantitative estimate of drug-likeness (QED) is 0.792. The van der Waals surface area contributed by atoms with E-state index in [1.807, 2.05) is 6.07 Å². The van der Waals surface area contributed by atoms with E-state index in [9.17, 15) is 9.90 Å². The summed E-state index contributed by atoms with van der Waals surface area (Å²) in [4.78, 5) is 12.2. The van der Waals surface area contributed by atoms with Gasteiger partial charge in [0.1, 0.15) is 5.75 Å². The van der Waals surface area contributed by atoms with Crippen molar-refractivity contribution in [2.24, 2.45) is 5.92 Å². The maximum absolute atomic E-state index is 12.2. The first-order valence-electron chi connectivity index (χ1n) is 6.37. The van der Waals surface area contributed by atoms with E-state index in [0.29, 0.717) is 5.56 Å². The van der Waals surface area contributed by atoms with Crippen LogP contribution in [0.5, 0.6) is 5.75 Å². The number of hydrogen-bond donors (Lipinski definition) is 2. The van der Waals surface area contributed by atoms with Crippen molar-refractivity contribution in [2.75, 3.05) is 5.32 Å². The van der Waals surface area contributed by atoms with E-state index in [-0.39, 0.29) is 35.5 Å². The van der Waals surface area contributed by atoms with Crippen LogP contribution in [0.4, 0.5) is 5.69 Å². The SMILES string of the molecule is N#Cc1ccc(O)c(NC(=O)[C@@H]2C[C@H]3CC[C@H]2O3)c1. The summed E-state index contributed by atoms with van der Waals surface area (Å²) < 4.78 is 5.64. The van der Waals surface area contributed by atoms with Crippen LogP contribution in [-0.4, -0.2) is 23.2 Å². The molecule has 2 bridgehead atoms. The number of aromatic hydroxyl groups is 1. The van der Waals surface area contributed by atoms with Gasteiger partial charge in [0, 0.05) is 0 Å². The summed E-state index contributed by atoms with van der Waals surface area (Å²) >= 11 is 0. The zero-order valence-corrected chi connectivity index (χ0v) is 10.3. The number of amides is 1. The van der Waals surface area contributed by atoms with Crippen LogP contribution < -0.4 is 5.32 Å². The number of phenols is 1. The largest absolute Gasteiger partial charge is 0.506 e. The van der Waals surface area contributed by atoms with Crippen LogP contribution in [0, 0.1) is 17.2 Å². The van der Waals surface area contributed by atoms with Gasteiger partial charge in [-0.05, 0) is 37.5 Å². The highest BCUT2D eigenvalue weighted by atomic mass is 16.5. The lowest BCUT2D eigenvalue weighted by Gasteiger charge is -2.18. The second-order valence-electron chi connectivity index (χ2n) is 5.05. The minimum absolute atomic E-state index is 0.00583. The van der Waals surface area contributed by atoms with Crippen LogP contribution >= 0.6 is 0 Å². The third-order valence-corrected chi connectivity index (χ3v) is 3.83. The number of nitriles is 1. The van der Waals surface area contributed by atoms with Crippen molar-refractivity contribution >= 4 is 11.6 Å². The lowest BCUT2D eigenvalue weighted by Crippen LogP contribution is -2.30. The molecule has 1 aromatic rings. The number of anilines is 1. The molecule has 2 aliphatic heterocycles. The molecule has 98 valence electrons. The molecule has 2 saturated heterocycles. The number of nitrogens with zero attached hydrogens (tertiary/aromatic N) is 1. The zero-order valence-electron chi connectivity index (χ0n) is 10.3. The van der Waals surface area contributed by atoms with E-state index in [1.54, 1.807) is 0 Å². The summed E-state index contributed by atoms with van der Waals surface area (Å²) in [5.74, 6) is -0.321. The number of carbonyl (C=O) groups is 1. The number of carbonyl (C=O) groups excluding carboxylic acids is 1. The molecule has 3 atom stereocenters. The van der Waals surface area contributed by atoms with E-state index in [1.165, 1.54) is 18.2 Å². The maximum Gasteiger partial charge on any atom is 0.230 e. The second kappa shape index (κ2) is 4.56. The Morgan fingerprint density at radius 3 is 2.95 bits per heavy atom. The van der Waals surface area contributed by atoms with E-state index < -0.39 is 0 Å². The van der Waals surface area contributed by atoms with E-state index in [0.717, 1.165) is 19.3 Å². The Bertz CT molecular complexity index is 564. The molecule has 0 saturated carbocycles. The number of fused-ring (bicyclic) bond motifs is 2. The fourth-order valence-corrected chi connectivity index (χ4v) is 2.84. The molecule has 2 fully saturated rings. The molecule has 5 nitrogen and oxygen atoms in total. The normalized spacial score (nSPS) is 28.1. The van der Waals surface area contributed by atoms with E-state index in [4.69, 9.17) is 10.00 Å². The number of hydrogen-bond acceptors (Lipinski definition) is 4. The Morgan fingerprint density at radius 2 is 2.32 bits per heavy atom. The van der Waals surface area contributed by atoms with Gasteiger partial charge in [-0.25, -0.2) is 0 Å². The predicted molar refractivity (Wildman–Crippen MR) is 67.5 cm³/mol. The highest BCUT2D eigenvalue weighted by molar-refractivity contribution is 5.94. The topological polar surface area (TPSA) is 82.4 Å². The summed E-state index contributed by atoms with van der Waals surface area (Å²) in [5, 5.41) is 21.2. The first-order chi connectivity index (χ1) is 9.17. The molecule has 1 aromatic carbocycles. The number of rotatable bonds is 2. The smallest absolute Gasteiger partial charge is 0.230 e. The van der Waals surface area contributed by atoms with Gasteiger partial charge >= 0.3 is 0 Å². The lowest BCUT2D eigenvalue weighted by molar-refractivity contribution is -0.121. The summed E-state index contributed by atoms with van der Waals surface area (Å²) in [7, 11) is 0. The third-order valence-electron chi connectivity index (χ3n) is 3.83. The predicted octanol–water partition coefficient (Wildman–Crippen LogP) is 1.77. The third kappa shape index (κ3) is 2.15. The van der Waals surface area contributed by atoms with E-state index in [2.05, 4.69) is 5.32 Å². The Labute approximate surface area is 110 Å². The highest BCUT2D eigenvalue weighted by Gasteiger charge is 2.44. The summed E-state index contributed by atoms with van der Waals surface area (Å²) in [6.45, 7) is 0. The average molecular weight is 258 g/mol. The molecule has 0 spiro atoms. The van der Waals surface area contributed by atoms with Crippen molar-refractivity contribution in [1.82, 2.24) is 0 Å². The van der Waals surface area contributed by atoms with Gasteiger partial charge in [-0.2, -0.15) is 5.26 Å². The second-order valence-corrected chi connectivity index (χ2v) is 5.05. The Morgan fingerprint density at radius 1 is 1.47 bits per heavy atom. The Hall–Kier alpha value is -2.06. The van der Waals surface area contributed by atoms with Crippen molar-refractivity contribution < 1.29 is 14.6 Å². The van der Waals surface area contributed by atoms with Crippen molar-refractivity contribution in [3.05, 3.63) is 23.8 Å². The van der Waals surface area contributed by atoms with Gasteiger partial charge in [-0.1, -0.05) is 0 Å². The minimum Gasteiger partial charge on any atom is -0.506 e. The molecule has 5 heteroatoms. The van der Waals surface area contributed by atoms with Gasteiger partial charge in [0.2, 0.25) is 5.91 Å². The summed E-state index contributed by atoms with van der Waals surface area (Å²) in [6, 6.07) is 6.36. The standard InChI is InChI=1S/C14H14N2O3/c15-7-8-1-3-12(17)11(5-8)16-14(18)10-6-9-2-4-13(10)19-9/h1,3,5,9-10,13,17H,2,4,6H2,(H,16,18)/t9-,10-,13-/m1/s1. The van der Waals surface area contributed by atoms with Gasteiger partial charge < -0.3 is 15.2 Å². The molecule has 3 rings (SSSR count). The number of benzene rings is 1. The van der Waals surface area contributed by atoms with Crippen molar-refractivity contribution in [3.8, 4) is 11.8 Å². The molecule has 0 aromatic heterocycles. The lowest BCUT2D eigenvalue weighted by atomic mass is 9.88. The fourth-order valence-electron chi connectivity index (χ4n) is 2.84. The first-order valence-corrected chi connectivity index (χ1v) is 6.37. The van der Waals surface area contributed by atoms with E-state index >= 15 is 0 Å². The molecule has 2 N–H and O–H groups in total. The van der Waals surface area contributed by atoms with Crippen LogP contribution in [0.2, 0.25) is 0 Å². The van der Waals surface area contributed by atoms with Crippen LogP contribution in [0.25, 0.3) is 0 Å². The number of nitrogens with one attached hydrogen (secondary N) is 1. The van der Waals surface area contributed by atoms with Crippen molar-refractivity contribution in [3.63, 3.8) is 0 Å². The summed E-state index contributed by atoms with van der Waals surface area (Å²) in [6.07, 6.45) is 2.91. The highest BCUT2D eigenvalue weighted by Crippen LogP contribution is 2.39. The molecule has 1 amide bonds. The number of phenolic OH excluding ortho intramolecular Hbond substituents is 1. The van der Waals surface area contributed by atoms with Gasteiger partial charge in [0.25, 0.3) is 0 Å². The maximum atomic E-state index is 12.2. The molecule has 2 aliphatic rings. The molecule has 0 radical (unpaired) electrons. The van der Waals surface area contributed by atoms with Gasteiger partial charge in [-0.3, -0.25) is 4.79 Å². The molecule has 2 heterocycles. The zero-order chi connectivity index (χ0) is 13.4. The molecule has 0 unspecified atom stereocenters. The molecular formula is C14H14N2O3. The summed E-state index contributed by atoms with van der Waals surface area (Å²) in [5.41, 5.74) is 0.684. The molecule has 0 aliphatic carbocycles. The van der Waals surface area contributed by atoms with Gasteiger partial charge in [-0.15, -0.1) is 0 Å². The van der Waals surface area contributed by atoms with Crippen LogP contribution in [0.15, 0.2) is 18.2 Å². The van der Waals surface area contributed by atoms with Crippen LogP contribution in [0.1, 0.15) is 24.8 Å². The van der Waals surface area contributed by atoms with Crippen molar-refractivity contribution in [1.29, 1.82) is 5.26 Å². The Balaban J connectivity index is 1.75. The Kier molecular flexibility index (Phi) is 2.88. The minimum atomic E-state index is -0.149. The monoisotopic (exact) mass is 258 g/mol. The molecule has 19 heavy (non-hydrogen) atoms. The first kappa shape index (κ1) is 12.0. The average Bonchev–Trinajstić information content (AvgIpc) is 3.03. The van der Waals surface area contributed by atoms with Gasteiger partial charge in [0.05, 0.1) is 35.4 Å². The molecular weight excluding hydrogens is 244 g/mol. The number of ether oxygens (including phenoxy) is 1. The fraction of sp³-hybridized carbons (Fsp3) is 0.429. The van der Waals surface area contributed by atoms with Crippen LogP contribution in [0.3, 0.4) is 0 Å².